The molecule has 3 aliphatic rings. The lowest BCUT2D eigenvalue weighted by Crippen LogP contribution is -2.34. The van der Waals surface area contributed by atoms with Gasteiger partial charge in [0.05, 0.1) is 29.0 Å². The number of esters is 1. The van der Waals surface area contributed by atoms with Gasteiger partial charge in [-0.2, -0.15) is 17.3 Å². The summed E-state index contributed by atoms with van der Waals surface area (Å²) in [7, 11) is -4.48. The summed E-state index contributed by atoms with van der Waals surface area (Å²) in [5, 5.41) is 20.0. The van der Waals surface area contributed by atoms with Crippen molar-refractivity contribution >= 4 is 57.0 Å². The third kappa shape index (κ3) is 12.7. The molecule has 16 heteroatoms. The van der Waals surface area contributed by atoms with Crippen molar-refractivity contribution in [3.8, 4) is 0 Å². The van der Waals surface area contributed by atoms with Gasteiger partial charge >= 0.3 is 5.97 Å². The SMILES string of the molecule is CCOC(=O)CCCCCN1\C2=C/C=C/C=C/C3=[N+](CCCCCC(=O)NCCNC(=O)CCCCCC2(C)c2cc(S(=O)(=O)O)ccc21)c1ccc(SOO[O-])cc1C3(C)C. The second-order valence-electron chi connectivity index (χ2n) is 16.7. The van der Waals surface area contributed by atoms with Crippen LogP contribution in [-0.4, -0.2) is 73.8 Å². The molecule has 2 aromatic carbocycles. The first-order valence-corrected chi connectivity index (χ1v) is 24.0. The number of amides is 2. The van der Waals surface area contributed by atoms with Gasteiger partial charge in [0.15, 0.2) is 5.71 Å². The molecule has 1 unspecified atom stereocenters. The molecule has 2 amide bonds. The summed E-state index contributed by atoms with van der Waals surface area (Å²) < 4.78 is 47.0. The average molecular weight is 895 g/mol. The number of benzene rings is 2. The predicted molar refractivity (Wildman–Crippen MR) is 237 cm³/mol. The molecule has 62 heavy (non-hydrogen) atoms. The summed E-state index contributed by atoms with van der Waals surface area (Å²) in [5.74, 6) is -0.329. The molecule has 0 bridgehead atoms. The van der Waals surface area contributed by atoms with Gasteiger partial charge in [-0.25, -0.2) is 0 Å². The van der Waals surface area contributed by atoms with Crippen LogP contribution in [0.2, 0.25) is 0 Å². The molecule has 338 valence electrons. The van der Waals surface area contributed by atoms with E-state index in [1.165, 1.54) is 6.07 Å². The zero-order valence-corrected chi connectivity index (χ0v) is 38.0. The third-order valence-corrected chi connectivity index (χ3v) is 13.4. The number of carbonyl (C=O) groups excluding carboxylic acids is 3. The van der Waals surface area contributed by atoms with Gasteiger partial charge in [0.1, 0.15) is 6.54 Å². The van der Waals surface area contributed by atoms with Crippen molar-refractivity contribution in [3.05, 3.63) is 83.6 Å². The Morgan fingerprint density at radius 1 is 0.903 bits per heavy atom. The van der Waals surface area contributed by atoms with E-state index in [2.05, 4.69) is 62.4 Å². The number of nitrogens with zero attached hydrogens (tertiary/aromatic N) is 2. The molecule has 0 fully saturated rings. The summed E-state index contributed by atoms with van der Waals surface area (Å²) in [6.45, 7) is 10.6. The van der Waals surface area contributed by atoms with Crippen LogP contribution in [0, 0.1) is 0 Å². The molecule has 14 nitrogen and oxygen atoms in total. The summed E-state index contributed by atoms with van der Waals surface area (Å²) in [6.07, 6.45) is 18.8. The molecular formula is C46H62N4O10S2. The van der Waals surface area contributed by atoms with Gasteiger partial charge in [0, 0.05) is 84.7 Å². The van der Waals surface area contributed by atoms with E-state index in [9.17, 15) is 32.6 Å². The quantitative estimate of drug-likeness (QED) is 0.0393. The normalized spacial score (nSPS) is 22.4. The lowest BCUT2D eigenvalue weighted by molar-refractivity contribution is -0.777. The number of anilines is 1. The van der Waals surface area contributed by atoms with Crippen LogP contribution in [0.25, 0.3) is 0 Å². The van der Waals surface area contributed by atoms with Crippen LogP contribution in [0.4, 0.5) is 11.4 Å². The molecule has 2 aromatic rings. The van der Waals surface area contributed by atoms with Gasteiger partial charge in [0.2, 0.25) is 17.5 Å². The Hall–Kier alpha value is -4.32. The Morgan fingerprint density at radius 3 is 2.32 bits per heavy atom. The number of ether oxygens (including phenoxy) is 1. The molecule has 0 saturated heterocycles. The summed E-state index contributed by atoms with van der Waals surface area (Å²) >= 11 is 0.855. The van der Waals surface area contributed by atoms with E-state index in [-0.39, 0.29) is 22.7 Å². The molecule has 0 saturated carbocycles. The van der Waals surface area contributed by atoms with Crippen LogP contribution in [0.3, 0.4) is 0 Å². The van der Waals surface area contributed by atoms with E-state index in [1.54, 1.807) is 19.1 Å². The van der Waals surface area contributed by atoms with Crippen molar-refractivity contribution in [2.45, 2.75) is 132 Å². The molecule has 0 spiro atoms. The molecular weight excluding hydrogens is 833 g/mol. The number of hydrogen-bond acceptors (Lipinski definition) is 11. The van der Waals surface area contributed by atoms with Crippen molar-refractivity contribution in [1.29, 1.82) is 0 Å². The molecule has 0 radical (unpaired) electrons. The lowest BCUT2D eigenvalue weighted by Gasteiger charge is -2.30. The number of fused-ring (bicyclic) bond motifs is 5. The highest BCUT2D eigenvalue weighted by molar-refractivity contribution is 7.94. The smallest absolute Gasteiger partial charge is 0.305 e. The first kappa shape index (κ1) is 48.7. The van der Waals surface area contributed by atoms with E-state index in [0.717, 1.165) is 102 Å². The average Bonchev–Trinajstić information content (AvgIpc) is 3.59. The minimum absolute atomic E-state index is 0.0417. The topological polar surface area (TPSA) is 187 Å². The maximum atomic E-state index is 12.7. The van der Waals surface area contributed by atoms with E-state index in [4.69, 9.17) is 4.74 Å². The van der Waals surface area contributed by atoms with E-state index in [1.807, 2.05) is 36.4 Å². The Labute approximate surface area is 370 Å². The van der Waals surface area contributed by atoms with Crippen molar-refractivity contribution in [1.82, 2.24) is 10.6 Å². The molecule has 0 aliphatic carbocycles. The highest BCUT2D eigenvalue weighted by atomic mass is 32.2. The van der Waals surface area contributed by atoms with Gasteiger partial charge in [-0.05, 0) is 108 Å². The van der Waals surface area contributed by atoms with E-state index in [0.29, 0.717) is 64.8 Å². The largest absolute Gasteiger partial charge is 0.691 e. The molecule has 3 heterocycles. The van der Waals surface area contributed by atoms with Gasteiger partial charge in [-0.3, -0.25) is 24.0 Å². The monoisotopic (exact) mass is 894 g/mol. The second-order valence-corrected chi connectivity index (χ2v) is 18.9. The Bertz CT molecular complexity index is 2150. The minimum atomic E-state index is -4.48. The van der Waals surface area contributed by atoms with Gasteiger partial charge in [0.25, 0.3) is 10.1 Å². The minimum Gasteiger partial charge on any atom is -0.691 e. The fourth-order valence-electron chi connectivity index (χ4n) is 8.76. The van der Waals surface area contributed by atoms with Crippen molar-refractivity contribution in [3.63, 3.8) is 0 Å². The second kappa shape index (κ2) is 22.9. The Morgan fingerprint density at radius 2 is 1.63 bits per heavy atom. The third-order valence-electron chi connectivity index (χ3n) is 12.0. The summed E-state index contributed by atoms with van der Waals surface area (Å²) in [4.78, 5) is 40.1. The highest BCUT2D eigenvalue weighted by Crippen LogP contribution is 2.51. The fourth-order valence-corrected chi connectivity index (χ4v) is 9.66. The summed E-state index contributed by atoms with van der Waals surface area (Å²) in [6, 6.07) is 10.7. The number of allylic oxidation sites excluding steroid dienone is 6. The Balaban J connectivity index is 1.50. The predicted octanol–water partition coefficient (Wildman–Crippen LogP) is 7.19. The lowest BCUT2D eigenvalue weighted by atomic mass is 9.77. The van der Waals surface area contributed by atoms with Crippen molar-refractivity contribution < 1.29 is 51.3 Å². The number of rotatable bonds is 11. The number of nitrogens with one attached hydrogen (secondary N) is 2. The molecule has 5 rings (SSSR count). The first-order chi connectivity index (χ1) is 29.7. The Kier molecular flexibility index (Phi) is 18.0. The van der Waals surface area contributed by atoms with Gasteiger partial charge in [-0.1, -0.05) is 37.5 Å². The maximum Gasteiger partial charge on any atom is 0.305 e. The number of unbranched alkanes of at least 4 members (excludes halogenated alkanes) is 2. The van der Waals surface area contributed by atoms with E-state index < -0.39 is 20.9 Å². The maximum absolute atomic E-state index is 12.7. The van der Waals surface area contributed by atoms with Crippen molar-refractivity contribution in [2.75, 3.05) is 37.7 Å². The van der Waals surface area contributed by atoms with Crippen LogP contribution in [0.5, 0.6) is 0 Å². The van der Waals surface area contributed by atoms with Crippen LogP contribution in [0.1, 0.15) is 122 Å². The van der Waals surface area contributed by atoms with Gasteiger partial charge < -0.3 is 25.5 Å². The van der Waals surface area contributed by atoms with Crippen LogP contribution < -0.4 is 20.8 Å². The van der Waals surface area contributed by atoms with Crippen LogP contribution >= 0.6 is 12.0 Å². The van der Waals surface area contributed by atoms with Crippen molar-refractivity contribution in [2.24, 2.45) is 0 Å². The zero-order chi connectivity index (χ0) is 44.8. The number of carbonyl (C=O) groups is 3. The van der Waals surface area contributed by atoms with Gasteiger partial charge in [-0.15, -0.1) is 0 Å². The molecule has 0 aromatic heterocycles. The van der Waals surface area contributed by atoms with Crippen LogP contribution in [-0.2, 0) is 49.4 Å². The van der Waals surface area contributed by atoms with E-state index >= 15 is 0 Å². The molecule has 1 atom stereocenters. The summed E-state index contributed by atoms with van der Waals surface area (Å²) in [5.41, 5.74) is 4.80. The number of hydrogen-bond donors (Lipinski definition) is 3. The standard InChI is InChI=1S/C46H62N4O10S2/c1-5-58-44(53)22-14-9-17-31-50-39-26-24-35(62(55,56)57)33-37(39)46(4)27-15-7-12-20-42(51)47-28-29-48-43(52)21-13-8-16-30-49-38-25-23-34(61-60-59-54)32-36(38)45(2,3)40(49)18-10-6-11-19-41(46)50/h6,10-11,18-19,23-26,32-33H,5,7-9,12-17,20-22,27-31H2,1-4H3,(H3-,47,48,51,52,54,55,56,57). The molecule has 3 N–H and O–H groups in total. The first-order valence-electron chi connectivity index (χ1n) is 21.8. The fraction of sp³-hybridized carbons (Fsp3) is 0.522. The molecule has 3 aliphatic heterocycles. The van der Waals surface area contributed by atoms with Crippen LogP contribution in [0.15, 0.2) is 82.3 Å². The highest BCUT2D eigenvalue weighted by Gasteiger charge is 2.45. The zero-order valence-electron chi connectivity index (χ0n) is 36.4.